The second-order valence-corrected chi connectivity index (χ2v) is 5.80. The molecule has 0 aromatic heterocycles. The number of benzene rings is 1. The number of ether oxygens (including phenoxy) is 1. The Labute approximate surface area is 129 Å². The van der Waals surface area contributed by atoms with Crippen LogP contribution in [0.3, 0.4) is 0 Å². The van der Waals surface area contributed by atoms with Gasteiger partial charge >= 0.3 is 0 Å². The van der Waals surface area contributed by atoms with Gasteiger partial charge in [0.25, 0.3) is 0 Å². The van der Waals surface area contributed by atoms with Crippen molar-refractivity contribution in [3.8, 4) is 5.75 Å². The van der Waals surface area contributed by atoms with E-state index in [1.54, 1.807) is 0 Å². The van der Waals surface area contributed by atoms with Gasteiger partial charge in [-0.05, 0) is 44.0 Å². The van der Waals surface area contributed by atoms with Crippen LogP contribution in [0.1, 0.15) is 51.1 Å². The Morgan fingerprint density at radius 2 is 2.14 bits per heavy atom. The van der Waals surface area contributed by atoms with E-state index < -0.39 is 0 Å². The fourth-order valence-electron chi connectivity index (χ4n) is 3.11. The molecule has 0 radical (unpaired) electrons. The highest BCUT2D eigenvalue weighted by molar-refractivity contribution is 5.30. The highest BCUT2D eigenvalue weighted by Gasteiger charge is 2.21. The molecule has 3 heteroatoms. The average Bonchev–Trinajstić information content (AvgIpc) is 2.78. The lowest BCUT2D eigenvalue weighted by molar-refractivity contribution is 0.196. The van der Waals surface area contributed by atoms with E-state index in [1.165, 1.54) is 37.8 Å². The molecule has 1 atom stereocenters. The van der Waals surface area contributed by atoms with Crippen LogP contribution in [0.2, 0.25) is 0 Å². The zero-order valence-corrected chi connectivity index (χ0v) is 13.6. The Balaban J connectivity index is 2.15. The number of rotatable bonds is 7. The fourth-order valence-corrected chi connectivity index (χ4v) is 3.11. The van der Waals surface area contributed by atoms with Gasteiger partial charge in [0, 0.05) is 25.7 Å². The summed E-state index contributed by atoms with van der Waals surface area (Å²) in [4.78, 5) is 2.65. The first kappa shape index (κ1) is 16.3. The van der Waals surface area contributed by atoms with Crippen LogP contribution in [0, 0.1) is 0 Å². The largest absolute Gasteiger partial charge is 0.494 e. The number of hydrogen-bond acceptors (Lipinski definition) is 3. The topological polar surface area (TPSA) is 24.5 Å². The minimum atomic E-state index is 0.533. The van der Waals surface area contributed by atoms with Crippen molar-refractivity contribution in [2.45, 2.75) is 45.6 Å². The predicted octanol–water partition coefficient (Wildman–Crippen LogP) is 3.61. The smallest absolute Gasteiger partial charge is 0.119 e. The van der Waals surface area contributed by atoms with Crippen molar-refractivity contribution in [2.75, 3.05) is 32.8 Å². The summed E-state index contributed by atoms with van der Waals surface area (Å²) in [5, 5.41) is 3.50. The first-order valence-electron chi connectivity index (χ1n) is 8.52. The van der Waals surface area contributed by atoms with Crippen molar-refractivity contribution in [2.24, 2.45) is 0 Å². The van der Waals surface area contributed by atoms with Crippen LogP contribution in [0.5, 0.6) is 5.75 Å². The Kier molecular flexibility index (Phi) is 7.04. The molecule has 118 valence electrons. The van der Waals surface area contributed by atoms with E-state index >= 15 is 0 Å². The van der Waals surface area contributed by atoms with E-state index in [1.807, 2.05) is 6.92 Å². The third kappa shape index (κ3) is 5.01. The molecule has 0 saturated carbocycles. The number of nitrogens with zero attached hydrogens (tertiary/aromatic N) is 1. The molecule has 1 unspecified atom stereocenters. The standard InChI is InChI=1S/C18H30N2O/c1-3-5-10-18(20-13-7-11-19-12-14-20)16-8-6-9-17(15-16)21-4-2/h6,8-9,15,18-19H,3-5,7,10-14H2,1-2H3. The summed E-state index contributed by atoms with van der Waals surface area (Å²) in [5.74, 6) is 1.00. The Morgan fingerprint density at radius 3 is 2.95 bits per heavy atom. The molecule has 1 aromatic carbocycles. The molecule has 1 aliphatic heterocycles. The van der Waals surface area contributed by atoms with E-state index in [0.717, 1.165) is 32.0 Å². The number of hydrogen-bond donors (Lipinski definition) is 1. The zero-order valence-electron chi connectivity index (χ0n) is 13.6. The predicted molar refractivity (Wildman–Crippen MR) is 88.9 cm³/mol. The summed E-state index contributed by atoms with van der Waals surface area (Å²) in [7, 11) is 0. The van der Waals surface area contributed by atoms with E-state index in [-0.39, 0.29) is 0 Å². The van der Waals surface area contributed by atoms with Gasteiger partial charge in [-0.2, -0.15) is 0 Å². The molecule has 3 nitrogen and oxygen atoms in total. The molecule has 0 bridgehead atoms. The van der Waals surface area contributed by atoms with Crippen molar-refractivity contribution in [3.05, 3.63) is 29.8 Å². The molecule has 1 aliphatic rings. The fraction of sp³-hybridized carbons (Fsp3) is 0.667. The average molecular weight is 290 g/mol. The van der Waals surface area contributed by atoms with Crippen molar-refractivity contribution in [3.63, 3.8) is 0 Å². The zero-order chi connectivity index (χ0) is 14.9. The lowest BCUT2D eigenvalue weighted by Gasteiger charge is -2.31. The third-order valence-electron chi connectivity index (χ3n) is 4.20. The molecule has 0 aliphatic carbocycles. The maximum atomic E-state index is 5.68. The first-order valence-corrected chi connectivity index (χ1v) is 8.52. The summed E-state index contributed by atoms with van der Waals surface area (Å²) in [6.07, 6.45) is 5.03. The monoisotopic (exact) mass is 290 g/mol. The Bertz CT molecular complexity index is 400. The second kappa shape index (κ2) is 9.06. The van der Waals surface area contributed by atoms with E-state index in [4.69, 9.17) is 4.74 Å². The van der Waals surface area contributed by atoms with Gasteiger partial charge in [0.05, 0.1) is 6.61 Å². The lowest BCUT2D eigenvalue weighted by atomic mass is 9.99. The minimum absolute atomic E-state index is 0.533. The van der Waals surface area contributed by atoms with Gasteiger partial charge in [0.1, 0.15) is 5.75 Å². The van der Waals surface area contributed by atoms with Gasteiger partial charge in [0.15, 0.2) is 0 Å². The Hall–Kier alpha value is -1.06. The van der Waals surface area contributed by atoms with Gasteiger partial charge in [-0.15, -0.1) is 0 Å². The molecule has 0 amide bonds. The Morgan fingerprint density at radius 1 is 1.24 bits per heavy atom. The molecule has 0 spiro atoms. The molecule has 1 aromatic rings. The highest BCUT2D eigenvalue weighted by Crippen LogP contribution is 2.29. The number of unbranched alkanes of at least 4 members (excludes halogenated alkanes) is 1. The van der Waals surface area contributed by atoms with Crippen LogP contribution in [0.4, 0.5) is 0 Å². The molecule has 1 saturated heterocycles. The summed E-state index contributed by atoms with van der Waals surface area (Å²) in [6, 6.07) is 9.23. The van der Waals surface area contributed by atoms with Crippen LogP contribution in [-0.4, -0.2) is 37.7 Å². The number of nitrogens with one attached hydrogen (secondary N) is 1. The molecule has 1 fully saturated rings. The van der Waals surface area contributed by atoms with Crippen LogP contribution in [-0.2, 0) is 0 Å². The SMILES string of the molecule is CCCCC(c1cccc(OCC)c1)N1CCCNCC1. The first-order chi connectivity index (χ1) is 10.3. The third-order valence-corrected chi connectivity index (χ3v) is 4.20. The molecular formula is C18H30N2O. The summed E-state index contributed by atoms with van der Waals surface area (Å²) >= 11 is 0. The van der Waals surface area contributed by atoms with Crippen molar-refractivity contribution < 1.29 is 4.74 Å². The molecule has 1 heterocycles. The van der Waals surface area contributed by atoms with Gasteiger partial charge < -0.3 is 10.1 Å². The van der Waals surface area contributed by atoms with Crippen LogP contribution >= 0.6 is 0 Å². The van der Waals surface area contributed by atoms with Crippen molar-refractivity contribution in [1.29, 1.82) is 0 Å². The van der Waals surface area contributed by atoms with Crippen LogP contribution in [0.25, 0.3) is 0 Å². The summed E-state index contributed by atoms with van der Waals surface area (Å²) in [6.45, 7) is 9.65. The molecular weight excluding hydrogens is 260 g/mol. The maximum absolute atomic E-state index is 5.68. The summed E-state index contributed by atoms with van der Waals surface area (Å²) in [5.41, 5.74) is 1.41. The van der Waals surface area contributed by atoms with Gasteiger partial charge in [-0.1, -0.05) is 31.9 Å². The summed E-state index contributed by atoms with van der Waals surface area (Å²) < 4.78 is 5.68. The van der Waals surface area contributed by atoms with Crippen molar-refractivity contribution >= 4 is 0 Å². The molecule has 2 rings (SSSR count). The molecule has 1 N–H and O–H groups in total. The van der Waals surface area contributed by atoms with Crippen LogP contribution < -0.4 is 10.1 Å². The van der Waals surface area contributed by atoms with Gasteiger partial charge in [-0.3, -0.25) is 4.90 Å². The van der Waals surface area contributed by atoms with Crippen LogP contribution in [0.15, 0.2) is 24.3 Å². The van der Waals surface area contributed by atoms with E-state index in [0.29, 0.717) is 6.04 Å². The van der Waals surface area contributed by atoms with Gasteiger partial charge in [0.2, 0.25) is 0 Å². The highest BCUT2D eigenvalue weighted by atomic mass is 16.5. The lowest BCUT2D eigenvalue weighted by Crippen LogP contribution is -2.32. The van der Waals surface area contributed by atoms with Crippen molar-refractivity contribution in [1.82, 2.24) is 10.2 Å². The van der Waals surface area contributed by atoms with E-state index in [9.17, 15) is 0 Å². The minimum Gasteiger partial charge on any atom is -0.494 e. The second-order valence-electron chi connectivity index (χ2n) is 5.80. The van der Waals surface area contributed by atoms with Gasteiger partial charge in [-0.25, -0.2) is 0 Å². The quantitative estimate of drug-likeness (QED) is 0.830. The van der Waals surface area contributed by atoms with E-state index in [2.05, 4.69) is 41.4 Å². The molecule has 21 heavy (non-hydrogen) atoms. The normalized spacial score (nSPS) is 18.2. The maximum Gasteiger partial charge on any atom is 0.119 e.